The number of aliphatic imine (C=N–C) groups is 1. The maximum Gasteiger partial charge on any atom is 0.217 e. The van der Waals surface area contributed by atoms with E-state index in [0.29, 0.717) is 17.4 Å². The third-order valence-corrected chi connectivity index (χ3v) is 9.15. The summed E-state index contributed by atoms with van der Waals surface area (Å²) < 4.78 is 13.2. The number of fused-ring (bicyclic) bond motifs is 3. The molecular weight excluding hydrogens is 530 g/mol. The number of hydrogen-bond donors (Lipinski definition) is 1. The number of benzene rings is 5. The van der Waals surface area contributed by atoms with Crippen LogP contribution in [0.1, 0.15) is 52.8 Å². The first kappa shape index (κ1) is 27.3. The van der Waals surface area contributed by atoms with Gasteiger partial charge in [-0.05, 0) is 108 Å². The van der Waals surface area contributed by atoms with Gasteiger partial charge >= 0.3 is 0 Å². The third kappa shape index (κ3) is 4.75. The molecule has 1 aliphatic carbocycles. The van der Waals surface area contributed by atoms with Crippen molar-refractivity contribution in [1.82, 2.24) is 0 Å². The van der Waals surface area contributed by atoms with Crippen LogP contribution in [0.15, 0.2) is 89.9 Å². The maximum absolute atomic E-state index is 10.6. The predicted molar refractivity (Wildman–Crippen MR) is 175 cm³/mol. The van der Waals surface area contributed by atoms with Gasteiger partial charge in [-0.15, -0.1) is 0 Å². The van der Waals surface area contributed by atoms with Crippen LogP contribution in [-0.4, -0.2) is 23.2 Å². The van der Waals surface area contributed by atoms with Crippen molar-refractivity contribution < 1.29 is 14.6 Å². The highest BCUT2D eigenvalue weighted by atomic mass is 16.5. The standard InChI is InChI=1S/C39H37NO3/c1-22-13-24(3)36(25(4)14-22)28-17-29(38-40-37-35(43-38)20-27-9-7-8-10-33(27)39(37,5)6)19-31(18-28)42-30-12-11-26-15-23(2)16-34(41)32(26)21-30/h7-19,21,35,37,41H,20H2,1-6H3/t35-,37-/m1/s1. The van der Waals surface area contributed by atoms with Crippen LogP contribution in [-0.2, 0) is 16.6 Å². The normalized spacial score (nSPS) is 18.5. The lowest BCUT2D eigenvalue weighted by Crippen LogP contribution is -2.45. The summed E-state index contributed by atoms with van der Waals surface area (Å²) >= 11 is 0. The maximum atomic E-state index is 10.6. The van der Waals surface area contributed by atoms with Crippen LogP contribution in [0, 0.1) is 27.7 Å². The number of phenols is 1. The van der Waals surface area contributed by atoms with Crippen molar-refractivity contribution in [3.63, 3.8) is 0 Å². The van der Waals surface area contributed by atoms with Crippen LogP contribution in [0.4, 0.5) is 0 Å². The SMILES string of the molecule is Cc1cc(C)c(-c2cc(Oc3ccc4cc(C)cc(O)c4c3)cc(C3=N[C@@H]4[C@@H](Cc5ccccc5C4(C)C)O3)c2)c(C)c1. The first-order valence-electron chi connectivity index (χ1n) is 15.0. The van der Waals surface area contributed by atoms with Crippen molar-refractivity contribution in [2.75, 3.05) is 0 Å². The molecular formula is C39H37NO3. The molecule has 4 heteroatoms. The molecule has 0 aromatic heterocycles. The molecule has 4 nitrogen and oxygen atoms in total. The first-order valence-corrected chi connectivity index (χ1v) is 15.0. The summed E-state index contributed by atoms with van der Waals surface area (Å²) in [7, 11) is 0. The molecule has 0 fully saturated rings. The molecule has 5 aromatic rings. The molecule has 1 N–H and O–H groups in total. The summed E-state index contributed by atoms with van der Waals surface area (Å²) in [5.74, 6) is 2.27. The van der Waals surface area contributed by atoms with Gasteiger partial charge in [-0.1, -0.05) is 67.9 Å². The van der Waals surface area contributed by atoms with Gasteiger partial charge in [0.25, 0.3) is 0 Å². The highest BCUT2D eigenvalue weighted by Crippen LogP contribution is 2.44. The fourth-order valence-corrected chi connectivity index (χ4v) is 7.30. The van der Waals surface area contributed by atoms with Gasteiger partial charge in [-0.25, -0.2) is 4.99 Å². The highest BCUT2D eigenvalue weighted by Gasteiger charge is 2.47. The second kappa shape index (κ2) is 10.0. The molecule has 1 aliphatic heterocycles. The average molecular weight is 568 g/mol. The Morgan fingerprint density at radius 2 is 1.51 bits per heavy atom. The van der Waals surface area contributed by atoms with E-state index in [4.69, 9.17) is 14.5 Å². The summed E-state index contributed by atoms with van der Waals surface area (Å²) in [6.07, 6.45) is 0.832. The molecule has 0 radical (unpaired) electrons. The van der Waals surface area contributed by atoms with Gasteiger partial charge in [-0.3, -0.25) is 0 Å². The van der Waals surface area contributed by atoms with Crippen LogP contribution in [0.25, 0.3) is 21.9 Å². The fourth-order valence-electron chi connectivity index (χ4n) is 7.30. The average Bonchev–Trinajstić information content (AvgIpc) is 3.38. The number of aryl methyl sites for hydroxylation is 4. The molecule has 216 valence electrons. The molecule has 0 spiro atoms. The number of hydrogen-bond acceptors (Lipinski definition) is 4. The van der Waals surface area contributed by atoms with E-state index in [0.717, 1.165) is 33.9 Å². The van der Waals surface area contributed by atoms with Crippen LogP contribution in [0.2, 0.25) is 0 Å². The first-order chi connectivity index (χ1) is 20.6. The van der Waals surface area contributed by atoms with Gasteiger partial charge in [0.05, 0.1) is 0 Å². The predicted octanol–water partition coefficient (Wildman–Crippen LogP) is 9.29. The number of nitrogens with zero attached hydrogens (tertiary/aromatic N) is 1. The van der Waals surface area contributed by atoms with Crippen LogP contribution >= 0.6 is 0 Å². The highest BCUT2D eigenvalue weighted by molar-refractivity contribution is 5.98. The van der Waals surface area contributed by atoms with Crippen molar-refractivity contribution >= 4 is 16.7 Å². The minimum atomic E-state index is -0.145. The molecule has 2 aliphatic rings. The lowest BCUT2D eigenvalue weighted by Gasteiger charge is -2.39. The monoisotopic (exact) mass is 567 g/mol. The van der Waals surface area contributed by atoms with Crippen molar-refractivity contribution in [2.24, 2.45) is 4.99 Å². The Kier molecular flexibility index (Phi) is 6.35. The zero-order valence-electron chi connectivity index (χ0n) is 25.7. The number of phenolic OH excluding ortho intramolecular Hbond substituents is 1. The van der Waals surface area contributed by atoms with E-state index in [1.54, 1.807) is 6.07 Å². The second-order valence-corrected chi connectivity index (χ2v) is 12.9. The molecule has 0 saturated carbocycles. The fraction of sp³-hybridized carbons (Fsp3) is 0.256. The molecule has 1 heterocycles. The Labute approximate surface area is 253 Å². The minimum absolute atomic E-state index is 0.0114. The number of rotatable bonds is 4. The zero-order chi connectivity index (χ0) is 30.0. The number of aromatic hydroxyl groups is 1. The van der Waals surface area contributed by atoms with E-state index >= 15 is 0 Å². The van der Waals surface area contributed by atoms with E-state index in [9.17, 15) is 5.11 Å². The summed E-state index contributed by atoms with van der Waals surface area (Å²) in [4.78, 5) is 5.24. The lowest BCUT2D eigenvalue weighted by molar-refractivity contribution is 0.147. The molecule has 43 heavy (non-hydrogen) atoms. The van der Waals surface area contributed by atoms with Gasteiger partial charge in [0.1, 0.15) is 29.4 Å². The molecule has 0 unspecified atom stereocenters. The van der Waals surface area contributed by atoms with Gasteiger partial charge in [0.15, 0.2) is 0 Å². The van der Waals surface area contributed by atoms with Gasteiger partial charge in [-0.2, -0.15) is 0 Å². The van der Waals surface area contributed by atoms with Crippen molar-refractivity contribution in [3.8, 4) is 28.4 Å². The van der Waals surface area contributed by atoms with Gasteiger partial charge in [0.2, 0.25) is 5.90 Å². The van der Waals surface area contributed by atoms with Gasteiger partial charge < -0.3 is 14.6 Å². The Morgan fingerprint density at radius 3 is 2.30 bits per heavy atom. The molecule has 2 atom stereocenters. The van der Waals surface area contributed by atoms with E-state index in [2.05, 4.69) is 89.2 Å². The Bertz CT molecular complexity index is 1930. The summed E-state index contributed by atoms with van der Waals surface area (Å²) in [6.45, 7) is 13.0. The second-order valence-electron chi connectivity index (χ2n) is 12.9. The van der Waals surface area contributed by atoms with E-state index < -0.39 is 0 Å². The molecule has 0 bridgehead atoms. The van der Waals surface area contributed by atoms with Crippen molar-refractivity contribution in [1.29, 1.82) is 0 Å². The van der Waals surface area contributed by atoms with Crippen LogP contribution in [0.5, 0.6) is 17.2 Å². The third-order valence-electron chi connectivity index (χ3n) is 9.15. The quantitative estimate of drug-likeness (QED) is 0.235. The topological polar surface area (TPSA) is 51.0 Å². The summed E-state index contributed by atoms with van der Waals surface area (Å²) in [5.41, 5.74) is 10.4. The molecule has 7 rings (SSSR count). The minimum Gasteiger partial charge on any atom is -0.507 e. The van der Waals surface area contributed by atoms with E-state index in [1.807, 2.05) is 31.2 Å². The summed E-state index contributed by atoms with van der Waals surface area (Å²) in [6, 6.07) is 29.1. The largest absolute Gasteiger partial charge is 0.507 e. The van der Waals surface area contributed by atoms with E-state index in [-0.39, 0.29) is 23.3 Å². The summed E-state index contributed by atoms with van der Waals surface area (Å²) in [5, 5.41) is 12.4. The smallest absolute Gasteiger partial charge is 0.217 e. The van der Waals surface area contributed by atoms with Crippen molar-refractivity contribution in [3.05, 3.63) is 124 Å². The van der Waals surface area contributed by atoms with E-state index in [1.165, 1.54) is 33.4 Å². The van der Waals surface area contributed by atoms with Gasteiger partial charge in [0, 0.05) is 22.8 Å². The van der Waals surface area contributed by atoms with Crippen LogP contribution < -0.4 is 4.74 Å². The Hall–Kier alpha value is -4.57. The molecule has 0 saturated heterocycles. The lowest BCUT2D eigenvalue weighted by atomic mass is 9.68. The molecule has 0 amide bonds. The molecule has 5 aromatic carbocycles. The van der Waals surface area contributed by atoms with Crippen LogP contribution in [0.3, 0.4) is 0 Å². The number of ether oxygens (including phenoxy) is 2. The Balaban J connectivity index is 1.33. The zero-order valence-corrected chi connectivity index (χ0v) is 25.7. The van der Waals surface area contributed by atoms with Crippen molar-refractivity contribution in [2.45, 2.75) is 65.5 Å². The Morgan fingerprint density at radius 1 is 0.791 bits per heavy atom.